The Kier molecular flexibility index (Phi) is 5.81. The zero-order chi connectivity index (χ0) is 15.9. The van der Waals surface area contributed by atoms with E-state index >= 15 is 0 Å². The summed E-state index contributed by atoms with van der Waals surface area (Å²) < 4.78 is 0. The van der Waals surface area contributed by atoms with E-state index < -0.39 is 0 Å². The van der Waals surface area contributed by atoms with Gasteiger partial charge in [-0.15, -0.1) is 0 Å². The molecule has 1 atom stereocenters. The van der Waals surface area contributed by atoms with E-state index in [9.17, 15) is 9.59 Å². The fourth-order valence-corrected chi connectivity index (χ4v) is 2.62. The summed E-state index contributed by atoms with van der Waals surface area (Å²) >= 11 is 0. The van der Waals surface area contributed by atoms with E-state index in [1.165, 1.54) is 0 Å². The number of likely N-dealkylation sites (tertiary alicyclic amines) is 1. The van der Waals surface area contributed by atoms with E-state index in [2.05, 4.69) is 17.6 Å². The molecule has 0 spiro atoms. The van der Waals surface area contributed by atoms with Crippen LogP contribution in [0.1, 0.15) is 38.2 Å². The van der Waals surface area contributed by atoms with Crippen LogP contribution in [0.3, 0.4) is 0 Å². The maximum Gasteiger partial charge on any atom is 0.322 e. The Balaban J connectivity index is 1.92. The monoisotopic (exact) mass is 303 g/mol. The van der Waals surface area contributed by atoms with Gasteiger partial charge in [0.25, 0.3) is 0 Å². The third-order valence-corrected chi connectivity index (χ3v) is 3.95. The molecule has 1 heterocycles. The molecule has 2 rings (SSSR count). The predicted octanol–water partition coefficient (Wildman–Crippen LogP) is 2.91. The maximum atomic E-state index is 12.4. The van der Waals surface area contributed by atoms with Gasteiger partial charge in [0.1, 0.15) is 6.04 Å². The number of unbranched alkanes of at least 4 members (excludes halogenated alkanes) is 1. The first-order chi connectivity index (χ1) is 10.6. The second-order valence-electron chi connectivity index (χ2n) is 5.79. The molecule has 0 aromatic heterocycles. The number of rotatable bonds is 5. The van der Waals surface area contributed by atoms with Crippen LogP contribution in [0, 0.1) is 6.92 Å². The van der Waals surface area contributed by atoms with E-state index in [1.807, 2.05) is 31.2 Å². The van der Waals surface area contributed by atoms with Crippen LogP contribution in [0.15, 0.2) is 24.3 Å². The first-order valence-corrected chi connectivity index (χ1v) is 8.04. The summed E-state index contributed by atoms with van der Waals surface area (Å²) in [6.45, 7) is 5.40. The number of amides is 3. The molecule has 0 saturated carbocycles. The lowest BCUT2D eigenvalue weighted by molar-refractivity contribution is -0.124. The van der Waals surface area contributed by atoms with Crippen molar-refractivity contribution >= 4 is 17.6 Å². The van der Waals surface area contributed by atoms with Crippen LogP contribution >= 0.6 is 0 Å². The van der Waals surface area contributed by atoms with Crippen molar-refractivity contribution < 1.29 is 9.59 Å². The van der Waals surface area contributed by atoms with Gasteiger partial charge >= 0.3 is 6.03 Å². The van der Waals surface area contributed by atoms with Gasteiger partial charge in [-0.25, -0.2) is 4.79 Å². The Bertz CT molecular complexity index is 513. The largest absolute Gasteiger partial charge is 0.354 e. The third kappa shape index (κ3) is 4.23. The molecule has 1 aromatic carbocycles. The zero-order valence-corrected chi connectivity index (χ0v) is 13.4. The van der Waals surface area contributed by atoms with Gasteiger partial charge in [0.2, 0.25) is 5.91 Å². The Morgan fingerprint density at radius 2 is 2.00 bits per heavy atom. The fraction of sp³-hybridized carbons (Fsp3) is 0.529. The molecule has 5 nitrogen and oxygen atoms in total. The highest BCUT2D eigenvalue weighted by Gasteiger charge is 2.33. The Morgan fingerprint density at radius 1 is 1.27 bits per heavy atom. The molecule has 22 heavy (non-hydrogen) atoms. The van der Waals surface area contributed by atoms with Crippen LogP contribution in [0.25, 0.3) is 0 Å². The van der Waals surface area contributed by atoms with Gasteiger partial charge in [-0.1, -0.05) is 31.0 Å². The van der Waals surface area contributed by atoms with Crippen molar-refractivity contribution in [2.75, 3.05) is 18.4 Å². The number of anilines is 1. The summed E-state index contributed by atoms with van der Waals surface area (Å²) in [6, 6.07) is 7.11. The molecular weight excluding hydrogens is 278 g/mol. The molecule has 1 fully saturated rings. The molecule has 0 bridgehead atoms. The molecule has 120 valence electrons. The maximum absolute atomic E-state index is 12.4. The van der Waals surface area contributed by atoms with E-state index in [1.54, 1.807) is 4.90 Å². The quantitative estimate of drug-likeness (QED) is 0.822. The second-order valence-corrected chi connectivity index (χ2v) is 5.79. The van der Waals surface area contributed by atoms with Crippen LogP contribution in [0.5, 0.6) is 0 Å². The highest BCUT2D eigenvalue weighted by Crippen LogP contribution is 2.19. The Morgan fingerprint density at radius 3 is 2.68 bits per heavy atom. The van der Waals surface area contributed by atoms with E-state index in [0.717, 1.165) is 36.9 Å². The number of carbonyl (C=O) groups excluding carboxylic acids is 2. The van der Waals surface area contributed by atoms with Crippen LogP contribution in [0.2, 0.25) is 0 Å². The lowest BCUT2D eigenvalue weighted by atomic mass is 10.2. The van der Waals surface area contributed by atoms with Crippen molar-refractivity contribution in [2.45, 2.75) is 45.6 Å². The molecule has 0 radical (unpaired) electrons. The topological polar surface area (TPSA) is 61.4 Å². The molecule has 5 heteroatoms. The number of nitrogens with zero attached hydrogens (tertiary/aromatic N) is 1. The highest BCUT2D eigenvalue weighted by atomic mass is 16.2. The van der Waals surface area contributed by atoms with Gasteiger partial charge in [-0.05, 0) is 38.3 Å². The van der Waals surface area contributed by atoms with Crippen molar-refractivity contribution in [3.8, 4) is 0 Å². The number of urea groups is 1. The highest BCUT2D eigenvalue weighted by molar-refractivity contribution is 5.94. The number of hydrogen-bond donors (Lipinski definition) is 2. The van der Waals surface area contributed by atoms with Gasteiger partial charge in [-0.2, -0.15) is 0 Å². The van der Waals surface area contributed by atoms with E-state index in [-0.39, 0.29) is 18.0 Å². The minimum Gasteiger partial charge on any atom is -0.354 e. The second kappa shape index (κ2) is 7.82. The van der Waals surface area contributed by atoms with Gasteiger partial charge in [0, 0.05) is 18.8 Å². The van der Waals surface area contributed by atoms with Crippen LogP contribution in [-0.4, -0.2) is 36.0 Å². The first-order valence-electron chi connectivity index (χ1n) is 8.04. The van der Waals surface area contributed by atoms with Gasteiger partial charge in [-0.3, -0.25) is 4.79 Å². The molecule has 0 aliphatic carbocycles. The molecule has 3 amide bonds. The average Bonchev–Trinajstić information content (AvgIpc) is 2.99. The minimum atomic E-state index is -0.345. The van der Waals surface area contributed by atoms with Crippen LogP contribution < -0.4 is 10.6 Å². The summed E-state index contributed by atoms with van der Waals surface area (Å²) in [6.07, 6.45) is 3.61. The number of benzene rings is 1. The minimum absolute atomic E-state index is 0.0370. The number of carbonyl (C=O) groups is 2. The van der Waals surface area contributed by atoms with Gasteiger partial charge in [0.15, 0.2) is 0 Å². The van der Waals surface area contributed by atoms with Crippen molar-refractivity contribution in [2.24, 2.45) is 0 Å². The number of nitrogens with one attached hydrogen (secondary N) is 2. The standard InChI is InChI=1S/C17H25N3O2/c1-3-4-11-18-16(21)15-6-5-12-20(15)17(22)19-14-9-7-13(2)8-10-14/h7-10,15H,3-6,11-12H2,1-2H3,(H,18,21)(H,19,22). The lowest BCUT2D eigenvalue weighted by Gasteiger charge is -2.24. The molecule has 1 unspecified atom stereocenters. The molecule has 1 aliphatic rings. The normalized spacial score (nSPS) is 17.4. The smallest absolute Gasteiger partial charge is 0.322 e. The predicted molar refractivity (Wildman–Crippen MR) is 87.8 cm³/mol. The number of hydrogen-bond acceptors (Lipinski definition) is 2. The summed E-state index contributed by atoms with van der Waals surface area (Å²) in [5, 5.41) is 5.79. The Labute approximate surface area is 132 Å². The van der Waals surface area contributed by atoms with Crippen molar-refractivity contribution in [1.29, 1.82) is 0 Å². The molecular formula is C17H25N3O2. The zero-order valence-electron chi connectivity index (χ0n) is 13.4. The SMILES string of the molecule is CCCCNC(=O)C1CCCN1C(=O)Nc1ccc(C)cc1. The average molecular weight is 303 g/mol. The summed E-state index contributed by atoms with van der Waals surface area (Å²) in [5.41, 5.74) is 1.90. The lowest BCUT2D eigenvalue weighted by Crippen LogP contribution is -2.47. The molecule has 1 aliphatic heterocycles. The number of aryl methyl sites for hydroxylation is 1. The molecule has 2 N–H and O–H groups in total. The summed E-state index contributed by atoms with van der Waals surface area (Å²) in [5.74, 6) is -0.0370. The van der Waals surface area contributed by atoms with Crippen LogP contribution in [-0.2, 0) is 4.79 Å². The van der Waals surface area contributed by atoms with E-state index in [0.29, 0.717) is 13.1 Å². The van der Waals surface area contributed by atoms with Gasteiger partial charge < -0.3 is 15.5 Å². The van der Waals surface area contributed by atoms with Crippen LogP contribution in [0.4, 0.5) is 10.5 Å². The fourth-order valence-electron chi connectivity index (χ4n) is 2.62. The van der Waals surface area contributed by atoms with Gasteiger partial charge in [0.05, 0.1) is 0 Å². The summed E-state index contributed by atoms with van der Waals surface area (Å²) in [7, 11) is 0. The van der Waals surface area contributed by atoms with Crippen molar-refractivity contribution in [3.05, 3.63) is 29.8 Å². The van der Waals surface area contributed by atoms with Crippen molar-refractivity contribution in [3.63, 3.8) is 0 Å². The first kappa shape index (κ1) is 16.3. The summed E-state index contributed by atoms with van der Waals surface area (Å²) in [4.78, 5) is 26.2. The Hall–Kier alpha value is -2.04. The van der Waals surface area contributed by atoms with E-state index in [4.69, 9.17) is 0 Å². The molecule has 1 saturated heterocycles. The third-order valence-electron chi connectivity index (χ3n) is 3.95. The van der Waals surface area contributed by atoms with Crippen molar-refractivity contribution in [1.82, 2.24) is 10.2 Å². The molecule has 1 aromatic rings.